The summed E-state index contributed by atoms with van der Waals surface area (Å²) >= 11 is 0. The summed E-state index contributed by atoms with van der Waals surface area (Å²) in [5, 5.41) is 0. The highest BCUT2D eigenvalue weighted by atomic mass is 32.2. The van der Waals surface area contributed by atoms with Crippen LogP contribution >= 0.6 is 0 Å². The van der Waals surface area contributed by atoms with Gasteiger partial charge < -0.3 is 10.5 Å². The van der Waals surface area contributed by atoms with Crippen molar-refractivity contribution < 1.29 is 26.4 Å². The molecule has 0 aliphatic rings. The number of nitrogens with two attached hydrogens (primary N) is 1. The summed E-state index contributed by atoms with van der Waals surface area (Å²) in [6.45, 7) is 0. The summed E-state index contributed by atoms with van der Waals surface area (Å²) in [6.07, 6.45) is 0. The SMILES string of the molecule is CNS(=O)(=O)c1ccc(S(=O)(=O)NC(N)=O)c(OC)c1. The molecule has 0 spiro atoms. The summed E-state index contributed by atoms with van der Waals surface area (Å²) < 4.78 is 55.3. The third kappa shape index (κ3) is 3.37. The molecular weight excluding hydrogens is 310 g/mol. The number of rotatable bonds is 5. The van der Waals surface area contributed by atoms with Crippen LogP contribution in [0.1, 0.15) is 0 Å². The van der Waals surface area contributed by atoms with E-state index in [1.165, 1.54) is 7.05 Å². The van der Waals surface area contributed by atoms with E-state index in [2.05, 4.69) is 4.72 Å². The Morgan fingerprint density at radius 2 is 1.80 bits per heavy atom. The first kappa shape index (κ1) is 16.2. The van der Waals surface area contributed by atoms with E-state index in [0.29, 0.717) is 0 Å². The lowest BCUT2D eigenvalue weighted by Gasteiger charge is -2.11. The molecule has 1 aromatic carbocycles. The van der Waals surface area contributed by atoms with Crippen molar-refractivity contribution in [1.29, 1.82) is 0 Å². The number of sulfonamides is 2. The fourth-order valence-electron chi connectivity index (χ4n) is 1.34. The van der Waals surface area contributed by atoms with E-state index < -0.39 is 31.0 Å². The van der Waals surface area contributed by atoms with Crippen molar-refractivity contribution in [3.8, 4) is 5.75 Å². The van der Waals surface area contributed by atoms with Gasteiger partial charge in [0, 0.05) is 6.07 Å². The molecule has 0 heterocycles. The largest absolute Gasteiger partial charge is 0.495 e. The van der Waals surface area contributed by atoms with Crippen molar-refractivity contribution >= 4 is 26.1 Å². The summed E-state index contributed by atoms with van der Waals surface area (Å²) in [7, 11) is -5.62. The molecule has 11 heteroatoms. The van der Waals surface area contributed by atoms with Crippen LogP contribution in [0.4, 0.5) is 4.79 Å². The van der Waals surface area contributed by atoms with Crippen LogP contribution < -0.4 is 19.9 Å². The molecule has 1 rings (SSSR count). The number of carbonyl (C=O) groups excluding carboxylic acids is 1. The third-order valence-corrected chi connectivity index (χ3v) is 5.04. The Morgan fingerprint density at radius 1 is 1.20 bits per heavy atom. The normalized spacial score (nSPS) is 11.9. The van der Waals surface area contributed by atoms with E-state index in [4.69, 9.17) is 10.5 Å². The van der Waals surface area contributed by atoms with E-state index in [1.54, 1.807) is 4.72 Å². The first-order valence-electron chi connectivity index (χ1n) is 5.08. The third-order valence-electron chi connectivity index (χ3n) is 2.24. The second kappa shape index (κ2) is 5.64. The minimum atomic E-state index is -4.24. The van der Waals surface area contributed by atoms with Gasteiger partial charge in [0.15, 0.2) is 0 Å². The highest BCUT2D eigenvalue weighted by molar-refractivity contribution is 7.90. The van der Waals surface area contributed by atoms with Gasteiger partial charge in [-0.25, -0.2) is 31.1 Å². The van der Waals surface area contributed by atoms with E-state index in [1.807, 2.05) is 0 Å². The van der Waals surface area contributed by atoms with Crippen LogP contribution in [0.5, 0.6) is 5.75 Å². The van der Waals surface area contributed by atoms with Gasteiger partial charge in [-0.3, -0.25) is 0 Å². The molecule has 0 saturated heterocycles. The highest BCUT2D eigenvalue weighted by Crippen LogP contribution is 2.26. The number of methoxy groups -OCH3 is 1. The van der Waals surface area contributed by atoms with Gasteiger partial charge >= 0.3 is 6.03 Å². The molecule has 1 aromatic rings. The highest BCUT2D eigenvalue weighted by Gasteiger charge is 2.23. The van der Waals surface area contributed by atoms with Gasteiger partial charge in [-0.1, -0.05) is 0 Å². The predicted molar refractivity (Wildman–Crippen MR) is 69.1 cm³/mol. The Hall–Kier alpha value is -1.85. The summed E-state index contributed by atoms with van der Waals surface area (Å²) in [5.41, 5.74) is 4.75. The molecule has 0 fully saturated rings. The molecule has 0 atom stereocenters. The molecule has 9 nitrogen and oxygen atoms in total. The average molecular weight is 323 g/mol. The number of hydrogen-bond acceptors (Lipinski definition) is 6. The molecular formula is C9H13N3O6S2. The van der Waals surface area contributed by atoms with Crippen molar-refractivity contribution in [2.75, 3.05) is 14.2 Å². The van der Waals surface area contributed by atoms with E-state index in [0.717, 1.165) is 25.3 Å². The van der Waals surface area contributed by atoms with Crippen molar-refractivity contribution in [2.24, 2.45) is 5.73 Å². The Labute approximate surface area is 116 Å². The number of urea groups is 1. The zero-order valence-corrected chi connectivity index (χ0v) is 12.2. The number of carbonyl (C=O) groups is 1. The zero-order valence-electron chi connectivity index (χ0n) is 10.6. The molecule has 0 radical (unpaired) electrons. The number of ether oxygens (including phenoxy) is 1. The smallest absolute Gasteiger partial charge is 0.326 e. The molecule has 20 heavy (non-hydrogen) atoms. The first-order chi connectivity index (χ1) is 9.14. The Balaban J connectivity index is 3.43. The lowest BCUT2D eigenvalue weighted by Crippen LogP contribution is -2.35. The van der Waals surface area contributed by atoms with E-state index >= 15 is 0 Å². The van der Waals surface area contributed by atoms with Crippen LogP contribution in [0.3, 0.4) is 0 Å². The summed E-state index contributed by atoms with van der Waals surface area (Å²) in [6, 6.07) is 1.80. The average Bonchev–Trinajstić information content (AvgIpc) is 2.36. The Morgan fingerprint density at radius 3 is 2.25 bits per heavy atom. The topological polar surface area (TPSA) is 145 Å². The molecule has 2 amide bonds. The van der Waals surface area contributed by atoms with Crippen LogP contribution in [0.15, 0.2) is 28.0 Å². The summed E-state index contributed by atoms with van der Waals surface area (Å²) in [4.78, 5) is 10.1. The lowest BCUT2D eigenvalue weighted by atomic mass is 10.3. The van der Waals surface area contributed by atoms with Crippen LogP contribution in [-0.2, 0) is 20.0 Å². The predicted octanol–water partition coefficient (Wildman–Crippen LogP) is -1.04. The maximum Gasteiger partial charge on any atom is 0.326 e. The van der Waals surface area contributed by atoms with Gasteiger partial charge in [-0.15, -0.1) is 0 Å². The molecule has 112 valence electrons. The van der Waals surface area contributed by atoms with Crippen molar-refractivity contribution in [2.45, 2.75) is 9.79 Å². The number of benzene rings is 1. The fourth-order valence-corrected chi connectivity index (χ4v) is 3.12. The number of amides is 2. The van der Waals surface area contributed by atoms with E-state index in [-0.39, 0.29) is 10.6 Å². The fraction of sp³-hybridized carbons (Fsp3) is 0.222. The molecule has 0 saturated carbocycles. The van der Waals surface area contributed by atoms with Crippen LogP contribution in [0, 0.1) is 0 Å². The standard InChI is InChI=1S/C9H13N3O6S2/c1-11-19(14,15)6-3-4-8(7(5-6)18-2)20(16,17)12-9(10)13/h3-5,11H,1-2H3,(H3,10,12,13). The Kier molecular flexibility index (Phi) is 4.57. The Bertz CT molecular complexity index is 726. The number of nitrogens with one attached hydrogen (secondary N) is 2. The molecule has 0 aliphatic carbocycles. The van der Waals surface area contributed by atoms with Crippen molar-refractivity contribution in [3.63, 3.8) is 0 Å². The van der Waals surface area contributed by atoms with Gasteiger partial charge in [-0.2, -0.15) is 0 Å². The zero-order chi connectivity index (χ0) is 15.6. The minimum Gasteiger partial charge on any atom is -0.495 e. The van der Waals surface area contributed by atoms with Crippen molar-refractivity contribution in [1.82, 2.24) is 9.44 Å². The monoisotopic (exact) mass is 323 g/mol. The van der Waals surface area contributed by atoms with Crippen molar-refractivity contribution in [3.05, 3.63) is 18.2 Å². The molecule has 0 aliphatic heterocycles. The van der Waals surface area contributed by atoms with Crippen LogP contribution in [0.2, 0.25) is 0 Å². The second-order valence-corrected chi connectivity index (χ2v) is 7.03. The van der Waals surface area contributed by atoms with E-state index in [9.17, 15) is 21.6 Å². The molecule has 0 unspecified atom stereocenters. The van der Waals surface area contributed by atoms with Crippen LogP contribution in [0.25, 0.3) is 0 Å². The number of primary amides is 1. The summed E-state index contributed by atoms with van der Waals surface area (Å²) in [5.74, 6) is -0.241. The van der Waals surface area contributed by atoms with Gasteiger partial charge in [0.05, 0.1) is 12.0 Å². The minimum absolute atomic E-state index is 0.185. The van der Waals surface area contributed by atoms with Gasteiger partial charge in [0.2, 0.25) is 10.0 Å². The number of hydrogen-bond donors (Lipinski definition) is 3. The van der Waals surface area contributed by atoms with Gasteiger partial charge in [0.1, 0.15) is 10.6 Å². The maximum absolute atomic E-state index is 11.8. The molecule has 4 N–H and O–H groups in total. The maximum atomic E-state index is 11.8. The van der Waals surface area contributed by atoms with Gasteiger partial charge in [-0.05, 0) is 19.2 Å². The molecule has 0 bridgehead atoms. The molecule has 0 aromatic heterocycles. The lowest BCUT2D eigenvalue weighted by molar-refractivity contribution is 0.253. The van der Waals surface area contributed by atoms with Crippen LogP contribution in [-0.4, -0.2) is 37.0 Å². The second-order valence-electron chi connectivity index (χ2n) is 3.49. The first-order valence-corrected chi connectivity index (χ1v) is 8.04. The quantitative estimate of drug-likeness (QED) is 0.631. The van der Waals surface area contributed by atoms with Gasteiger partial charge in [0.25, 0.3) is 10.0 Å².